The van der Waals surface area contributed by atoms with E-state index < -0.39 is 0 Å². The molecule has 0 unspecified atom stereocenters. The fourth-order valence-corrected chi connectivity index (χ4v) is 1.30. The molecule has 0 radical (unpaired) electrons. The number of rotatable bonds is 6. The highest BCUT2D eigenvalue weighted by Gasteiger charge is 2.04. The molecular formula is C12H16O3. The first-order valence-electron chi connectivity index (χ1n) is 4.99. The molecule has 3 nitrogen and oxygen atoms in total. The second-order valence-corrected chi connectivity index (χ2v) is 3.22. The highest BCUT2D eigenvalue weighted by atomic mass is 16.5. The third-order valence-electron chi connectivity index (χ3n) is 2.05. The number of benzene rings is 1. The predicted octanol–water partition coefficient (Wildman–Crippen LogP) is 1.84. The van der Waals surface area contributed by atoms with E-state index in [1.807, 2.05) is 24.3 Å². The minimum Gasteiger partial charge on any atom is -0.485 e. The van der Waals surface area contributed by atoms with Gasteiger partial charge in [0.05, 0.1) is 0 Å². The molecule has 1 aromatic carbocycles. The number of para-hydroxylation sites is 1. The van der Waals surface area contributed by atoms with Crippen LogP contribution in [0.3, 0.4) is 0 Å². The van der Waals surface area contributed by atoms with Crippen LogP contribution in [0.25, 0.3) is 0 Å². The lowest BCUT2D eigenvalue weighted by Crippen LogP contribution is -2.16. The first-order valence-corrected chi connectivity index (χ1v) is 4.99. The molecule has 3 heteroatoms. The smallest absolute Gasteiger partial charge is 0.195 e. The molecule has 0 aliphatic carbocycles. The zero-order chi connectivity index (χ0) is 11.1. The van der Waals surface area contributed by atoms with Crippen molar-refractivity contribution < 1.29 is 14.3 Å². The highest BCUT2D eigenvalue weighted by molar-refractivity contribution is 5.81. The Morgan fingerprint density at radius 2 is 2.00 bits per heavy atom. The van der Waals surface area contributed by atoms with Crippen molar-refractivity contribution in [3.8, 4) is 5.75 Å². The Bertz CT molecular complexity index is 320. The van der Waals surface area contributed by atoms with Crippen molar-refractivity contribution in [2.45, 2.75) is 13.3 Å². The average molecular weight is 208 g/mol. The van der Waals surface area contributed by atoms with Crippen LogP contribution in [0.2, 0.25) is 0 Å². The zero-order valence-electron chi connectivity index (χ0n) is 9.16. The van der Waals surface area contributed by atoms with Gasteiger partial charge in [0.2, 0.25) is 0 Å². The summed E-state index contributed by atoms with van der Waals surface area (Å²) in [4.78, 5) is 11.2. The van der Waals surface area contributed by atoms with Gasteiger partial charge in [0.25, 0.3) is 0 Å². The Hall–Kier alpha value is -1.35. The van der Waals surface area contributed by atoms with E-state index in [0.717, 1.165) is 17.7 Å². The van der Waals surface area contributed by atoms with Crippen LogP contribution in [0, 0.1) is 0 Å². The summed E-state index contributed by atoms with van der Waals surface area (Å²) < 4.78 is 10.1. The van der Waals surface area contributed by atoms with Crippen LogP contribution < -0.4 is 4.74 Å². The average Bonchev–Trinajstić information content (AvgIpc) is 2.27. The van der Waals surface area contributed by atoms with Gasteiger partial charge in [-0.2, -0.15) is 0 Å². The number of carbonyl (C=O) groups excluding carboxylic acids is 1. The van der Waals surface area contributed by atoms with Gasteiger partial charge in [-0.05, 0) is 18.1 Å². The Morgan fingerprint density at radius 3 is 2.67 bits per heavy atom. The Morgan fingerprint density at radius 1 is 1.27 bits per heavy atom. The van der Waals surface area contributed by atoms with Crippen molar-refractivity contribution in [3.63, 3.8) is 0 Å². The predicted molar refractivity (Wildman–Crippen MR) is 58.2 cm³/mol. The summed E-state index contributed by atoms with van der Waals surface area (Å²) >= 11 is 0. The zero-order valence-corrected chi connectivity index (χ0v) is 9.16. The number of hydrogen-bond donors (Lipinski definition) is 0. The molecule has 82 valence electrons. The first-order chi connectivity index (χ1) is 7.27. The van der Waals surface area contributed by atoms with Gasteiger partial charge in [0.1, 0.15) is 19.0 Å². The van der Waals surface area contributed by atoms with Crippen LogP contribution in [0.5, 0.6) is 5.75 Å². The van der Waals surface area contributed by atoms with Crippen molar-refractivity contribution in [3.05, 3.63) is 29.8 Å². The first kappa shape index (κ1) is 11.7. The van der Waals surface area contributed by atoms with E-state index in [1.54, 1.807) is 0 Å². The van der Waals surface area contributed by atoms with Crippen molar-refractivity contribution in [2.24, 2.45) is 0 Å². The molecule has 0 atom stereocenters. The molecular weight excluding hydrogens is 192 g/mol. The van der Waals surface area contributed by atoms with Crippen LogP contribution in [0.15, 0.2) is 24.3 Å². The van der Waals surface area contributed by atoms with Gasteiger partial charge in [-0.1, -0.05) is 25.1 Å². The summed E-state index contributed by atoms with van der Waals surface area (Å²) in [6, 6.07) is 7.73. The maximum atomic E-state index is 11.2. The normalized spacial score (nSPS) is 10.0. The lowest BCUT2D eigenvalue weighted by Gasteiger charge is -2.08. The van der Waals surface area contributed by atoms with Crippen LogP contribution in [-0.4, -0.2) is 26.1 Å². The van der Waals surface area contributed by atoms with Crippen molar-refractivity contribution in [1.82, 2.24) is 0 Å². The summed E-state index contributed by atoms with van der Waals surface area (Å²) in [5.74, 6) is 0.729. The van der Waals surface area contributed by atoms with Crippen molar-refractivity contribution >= 4 is 5.78 Å². The fraction of sp³-hybridized carbons (Fsp3) is 0.417. The minimum absolute atomic E-state index is 0.0524. The van der Waals surface area contributed by atoms with Gasteiger partial charge in [0, 0.05) is 7.11 Å². The molecule has 0 saturated carbocycles. The Labute approximate surface area is 90.0 Å². The van der Waals surface area contributed by atoms with Crippen LogP contribution >= 0.6 is 0 Å². The molecule has 0 saturated heterocycles. The summed E-state index contributed by atoms with van der Waals surface area (Å²) in [6.07, 6.45) is 0.897. The number of ketones is 1. The topological polar surface area (TPSA) is 35.5 Å². The molecule has 0 aliphatic rings. The van der Waals surface area contributed by atoms with Gasteiger partial charge < -0.3 is 9.47 Å². The monoisotopic (exact) mass is 208 g/mol. The van der Waals surface area contributed by atoms with Gasteiger partial charge >= 0.3 is 0 Å². The van der Waals surface area contributed by atoms with E-state index >= 15 is 0 Å². The lowest BCUT2D eigenvalue weighted by atomic mass is 10.1. The number of ether oxygens (including phenoxy) is 2. The van der Waals surface area contributed by atoms with Crippen molar-refractivity contribution in [1.29, 1.82) is 0 Å². The Kier molecular flexibility index (Phi) is 4.84. The standard InChI is InChI=1S/C12H16O3/c1-3-10-6-4-5-7-12(10)15-9-11(13)8-14-2/h4-7H,3,8-9H2,1-2H3. The van der Waals surface area contributed by atoms with Gasteiger partial charge in [-0.3, -0.25) is 4.79 Å². The quantitative estimate of drug-likeness (QED) is 0.715. The van der Waals surface area contributed by atoms with Gasteiger partial charge in [0.15, 0.2) is 5.78 Å². The number of aryl methyl sites for hydroxylation is 1. The molecule has 0 fully saturated rings. The SMILES string of the molecule is CCc1ccccc1OCC(=O)COC. The maximum Gasteiger partial charge on any atom is 0.195 e. The van der Waals surface area contributed by atoms with E-state index in [9.17, 15) is 4.79 Å². The van der Waals surface area contributed by atoms with Gasteiger partial charge in [-0.25, -0.2) is 0 Å². The fourth-order valence-electron chi connectivity index (χ4n) is 1.30. The highest BCUT2D eigenvalue weighted by Crippen LogP contribution is 2.17. The van der Waals surface area contributed by atoms with E-state index in [-0.39, 0.29) is 19.0 Å². The second kappa shape index (κ2) is 6.19. The van der Waals surface area contributed by atoms with E-state index in [1.165, 1.54) is 7.11 Å². The van der Waals surface area contributed by atoms with Crippen molar-refractivity contribution in [2.75, 3.05) is 20.3 Å². The summed E-state index contributed by atoms with van der Waals surface area (Å²) in [6.45, 7) is 2.23. The molecule has 0 N–H and O–H groups in total. The minimum atomic E-state index is -0.0524. The summed E-state index contributed by atoms with van der Waals surface area (Å²) in [5.41, 5.74) is 1.11. The van der Waals surface area contributed by atoms with E-state index in [2.05, 4.69) is 6.92 Å². The molecule has 0 heterocycles. The molecule has 0 aromatic heterocycles. The third-order valence-corrected chi connectivity index (χ3v) is 2.05. The largest absolute Gasteiger partial charge is 0.485 e. The number of Topliss-reactive ketones (excluding diaryl/α,β-unsaturated/α-hetero) is 1. The molecule has 1 aromatic rings. The van der Waals surface area contributed by atoms with Crippen LogP contribution in [0.4, 0.5) is 0 Å². The summed E-state index contributed by atoms with van der Waals surface area (Å²) in [5, 5.41) is 0. The third kappa shape index (κ3) is 3.72. The Balaban J connectivity index is 2.53. The number of methoxy groups -OCH3 is 1. The van der Waals surface area contributed by atoms with Gasteiger partial charge in [-0.15, -0.1) is 0 Å². The molecule has 0 amide bonds. The molecule has 15 heavy (non-hydrogen) atoms. The second-order valence-electron chi connectivity index (χ2n) is 3.22. The molecule has 0 spiro atoms. The molecule has 0 aliphatic heterocycles. The number of hydrogen-bond acceptors (Lipinski definition) is 3. The van der Waals surface area contributed by atoms with Crippen LogP contribution in [0.1, 0.15) is 12.5 Å². The molecule has 1 rings (SSSR count). The number of carbonyl (C=O) groups is 1. The maximum absolute atomic E-state index is 11.2. The molecule has 0 bridgehead atoms. The van der Waals surface area contributed by atoms with Crippen LogP contribution in [-0.2, 0) is 16.0 Å². The van der Waals surface area contributed by atoms with E-state index in [4.69, 9.17) is 9.47 Å². The summed E-state index contributed by atoms with van der Waals surface area (Å²) in [7, 11) is 1.50. The van der Waals surface area contributed by atoms with E-state index in [0.29, 0.717) is 0 Å². The lowest BCUT2D eigenvalue weighted by molar-refractivity contribution is -0.124.